The molecule has 1 aromatic heterocycles. The van der Waals surface area contributed by atoms with Crippen molar-refractivity contribution in [3.05, 3.63) is 35.2 Å². The van der Waals surface area contributed by atoms with E-state index in [0.29, 0.717) is 18.1 Å². The summed E-state index contributed by atoms with van der Waals surface area (Å²) in [6.07, 6.45) is 3.24. The molecule has 0 spiro atoms. The zero-order valence-electron chi connectivity index (χ0n) is 13.3. The molecule has 116 valence electrons. The molecule has 5 rings (SSSR count). The van der Waals surface area contributed by atoms with Crippen molar-refractivity contribution >= 4 is 27.2 Å². The number of fused-ring (bicyclic) bond motifs is 4. The van der Waals surface area contributed by atoms with Gasteiger partial charge in [-0.3, -0.25) is 9.69 Å². The molecule has 2 nitrogen and oxygen atoms in total. The Morgan fingerprint density at radius 1 is 1.27 bits per heavy atom. The normalized spacial score (nSPS) is 29.8. The van der Waals surface area contributed by atoms with E-state index in [-0.39, 0.29) is 5.54 Å². The molecule has 0 unspecified atom stereocenters. The van der Waals surface area contributed by atoms with Gasteiger partial charge in [-0.2, -0.15) is 0 Å². The van der Waals surface area contributed by atoms with Gasteiger partial charge in [0, 0.05) is 22.2 Å². The first-order valence-electron chi connectivity index (χ1n) is 8.31. The molecule has 0 radical (unpaired) electrons. The van der Waals surface area contributed by atoms with Gasteiger partial charge in [-0.1, -0.05) is 12.1 Å². The summed E-state index contributed by atoms with van der Waals surface area (Å²) in [7, 11) is 0. The van der Waals surface area contributed by atoms with Crippen LogP contribution in [0, 0.1) is 11.8 Å². The van der Waals surface area contributed by atoms with E-state index in [9.17, 15) is 4.79 Å². The van der Waals surface area contributed by atoms with Crippen LogP contribution < -0.4 is 0 Å². The van der Waals surface area contributed by atoms with Gasteiger partial charge in [-0.05, 0) is 74.5 Å². The minimum absolute atomic E-state index is 0.170. The lowest BCUT2D eigenvalue weighted by atomic mass is 9.65. The molecular weight excluding hydrogens is 290 g/mol. The van der Waals surface area contributed by atoms with Gasteiger partial charge in [0.2, 0.25) is 0 Å². The lowest BCUT2D eigenvalue weighted by Gasteiger charge is -2.56. The van der Waals surface area contributed by atoms with E-state index in [1.54, 1.807) is 11.3 Å². The molecule has 3 saturated heterocycles. The average Bonchev–Trinajstić information content (AvgIpc) is 2.98. The molecule has 0 amide bonds. The van der Waals surface area contributed by atoms with E-state index in [4.69, 9.17) is 0 Å². The third-order valence-corrected chi connectivity index (χ3v) is 6.89. The lowest BCUT2D eigenvalue weighted by molar-refractivity contribution is -0.0643. The summed E-state index contributed by atoms with van der Waals surface area (Å²) in [4.78, 5) is 15.4. The molecular formula is C19H23NOS. The van der Waals surface area contributed by atoms with Crippen LogP contribution in [-0.2, 0) is 0 Å². The molecule has 2 aromatic rings. The predicted molar refractivity (Wildman–Crippen MR) is 92.6 cm³/mol. The highest BCUT2D eigenvalue weighted by atomic mass is 32.1. The summed E-state index contributed by atoms with van der Waals surface area (Å²) in [6, 6.07) is 8.29. The SMILES string of the molecule is CC1(C)[C@@H](CC(=O)c2ccc3ccsc3c2)C2CCN1CC2. The van der Waals surface area contributed by atoms with E-state index >= 15 is 0 Å². The number of nitrogens with zero attached hydrogens (tertiary/aromatic N) is 1. The maximum Gasteiger partial charge on any atom is 0.163 e. The smallest absolute Gasteiger partial charge is 0.163 e. The molecule has 0 aliphatic carbocycles. The van der Waals surface area contributed by atoms with E-state index in [0.717, 1.165) is 11.5 Å². The van der Waals surface area contributed by atoms with Crippen LogP contribution in [0.3, 0.4) is 0 Å². The van der Waals surface area contributed by atoms with Crippen LogP contribution in [0.5, 0.6) is 0 Å². The first kappa shape index (κ1) is 14.4. The minimum Gasteiger partial charge on any atom is -0.298 e. The summed E-state index contributed by atoms with van der Waals surface area (Å²) in [5, 5.41) is 3.33. The summed E-state index contributed by atoms with van der Waals surface area (Å²) in [5.41, 5.74) is 1.06. The number of thiophene rings is 1. The monoisotopic (exact) mass is 313 g/mol. The zero-order valence-corrected chi connectivity index (χ0v) is 14.2. The van der Waals surface area contributed by atoms with Crippen molar-refractivity contribution in [2.75, 3.05) is 13.1 Å². The van der Waals surface area contributed by atoms with Crippen molar-refractivity contribution in [3.8, 4) is 0 Å². The van der Waals surface area contributed by atoms with Gasteiger partial charge >= 0.3 is 0 Å². The van der Waals surface area contributed by atoms with Crippen LogP contribution in [0.4, 0.5) is 0 Å². The van der Waals surface area contributed by atoms with Gasteiger partial charge in [0.25, 0.3) is 0 Å². The fraction of sp³-hybridized carbons (Fsp3) is 0.526. The first-order chi connectivity index (χ1) is 10.6. The van der Waals surface area contributed by atoms with Crippen molar-refractivity contribution < 1.29 is 4.79 Å². The van der Waals surface area contributed by atoms with Gasteiger partial charge in [0.15, 0.2) is 5.78 Å². The Labute approximate surface area is 136 Å². The fourth-order valence-electron chi connectivity index (χ4n) is 4.55. The lowest BCUT2D eigenvalue weighted by Crippen LogP contribution is -2.61. The van der Waals surface area contributed by atoms with Crippen LogP contribution >= 0.6 is 11.3 Å². The molecule has 22 heavy (non-hydrogen) atoms. The first-order valence-corrected chi connectivity index (χ1v) is 9.19. The molecule has 0 saturated carbocycles. The summed E-state index contributed by atoms with van der Waals surface area (Å²) < 4.78 is 1.22. The van der Waals surface area contributed by atoms with Crippen molar-refractivity contribution in [1.29, 1.82) is 0 Å². The van der Waals surface area contributed by atoms with Crippen molar-refractivity contribution in [3.63, 3.8) is 0 Å². The number of rotatable bonds is 3. The molecule has 1 aromatic carbocycles. The van der Waals surface area contributed by atoms with Crippen LogP contribution in [0.15, 0.2) is 29.6 Å². The number of ketones is 1. The highest BCUT2D eigenvalue weighted by molar-refractivity contribution is 7.17. The molecule has 3 aliphatic rings. The molecule has 0 N–H and O–H groups in total. The zero-order chi connectivity index (χ0) is 15.3. The van der Waals surface area contributed by atoms with Gasteiger partial charge < -0.3 is 0 Å². The summed E-state index contributed by atoms with van der Waals surface area (Å²) >= 11 is 1.72. The van der Waals surface area contributed by atoms with E-state index < -0.39 is 0 Å². The van der Waals surface area contributed by atoms with Crippen LogP contribution in [-0.4, -0.2) is 29.3 Å². The second kappa shape index (κ2) is 5.17. The number of hydrogen-bond donors (Lipinski definition) is 0. The van der Waals surface area contributed by atoms with Gasteiger partial charge in [-0.15, -0.1) is 11.3 Å². The molecule has 3 heteroatoms. The number of carbonyl (C=O) groups excluding carboxylic acids is 1. The summed E-state index contributed by atoms with van der Waals surface area (Å²) in [5.74, 6) is 1.55. The van der Waals surface area contributed by atoms with E-state index in [1.807, 2.05) is 6.07 Å². The summed E-state index contributed by atoms with van der Waals surface area (Å²) in [6.45, 7) is 7.09. The van der Waals surface area contributed by atoms with Gasteiger partial charge in [0.1, 0.15) is 0 Å². The highest BCUT2D eigenvalue weighted by Gasteiger charge is 2.47. The fourth-order valence-corrected chi connectivity index (χ4v) is 5.38. The maximum atomic E-state index is 12.8. The second-order valence-corrected chi connectivity index (χ2v) is 8.33. The van der Waals surface area contributed by atoms with E-state index in [1.165, 1.54) is 36.0 Å². The quantitative estimate of drug-likeness (QED) is 0.772. The number of Topliss-reactive ketones (excluding diaryl/α,β-unsaturated/α-hetero) is 1. The second-order valence-electron chi connectivity index (χ2n) is 7.39. The predicted octanol–water partition coefficient (Wildman–Crippen LogP) is 4.59. The molecule has 3 fully saturated rings. The van der Waals surface area contributed by atoms with Crippen LogP contribution in [0.25, 0.3) is 10.1 Å². The molecule has 2 bridgehead atoms. The average molecular weight is 313 g/mol. The third kappa shape index (κ3) is 2.22. The Hall–Kier alpha value is -1.19. The number of piperidine rings is 3. The Bertz CT molecular complexity index is 709. The topological polar surface area (TPSA) is 20.3 Å². The molecule has 4 heterocycles. The van der Waals surface area contributed by atoms with E-state index in [2.05, 4.69) is 42.3 Å². The van der Waals surface area contributed by atoms with Crippen molar-refractivity contribution in [2.24, 2.45) is 11.8 Å². The Balaban J connectivity index is 1.58. The largest absolute Gasteiger partial charge is 0.298 e. The Morgan fingerprint density at radius 3 is 2.77 bits per heavy atom. The number of hydrogen-bond acceptors (Lipinski definition) is 3. The number of benzene rings is 1. The standard InChI is InChI=1S/C19H23NOS/c1-19(2)16(13-5-8-20(19)9-6-13)12-17(21)15-4-3-14-7-10-22-18(14)11-15/h3-4,7,10-11,13,16H,5-6,8-9,12H2,1-2H3/t16-/m0/s1. The van der Waals surface area contributed by atoms with Crippen LogP contribution in [0.2, 0.25) is 0 Å². The molecule has 1 atom stereocenters. The van der Waals surface area contributed by atoms with Crippen LogP contribution in [0.1, 0.15) is 43.5 Å². The third-order valence-electron chi connectivity index (χ3n) is 6.01. The Kier molecular flexibility index (Phi) is 3.39. The Morgan fingerprint density at radius 2 is 2.05 bits per heavy atom. The maximum absolute atomic E-state index is 12.8. The van der Waals surface area contributed by atoms with Gasteiger partial charge in [0.05, 0.1) is 0 Å². The minimum atomic E-state index is 0.170. The number of carbonyl (C=O) groups is 1. The van der Waals surface area contributed by atoms with Gasteiger partial charge in [-0.25, -0.2) is 0 Å². The highest BCUT2D eigenvalue weighted by Crippen LogP contribution is 2.45. The van der Waals surface area contributed by atoms with Crippen molar-refractivity contribution in [2.45, 2.75) is 38.6 Å². The van der Waals surface area contributed by atoms with Crippen molar-refractivity contribution in [1.82, 2.24) is 4.90 Å². The molecule has 3 aliphatic heterocycles.